The fourth-order valence-corrected chi connectivity index (χ4v) is 2.51. The summed E-state index contributed by atoms with van der Waals surface area (Å²) in [5.74, 6) is 0. The summed E-state index contributed by atoms with van der Waals surface area (Å²) < 4.78 is 0. The third-order valence-electron chi connectivity index (χ3n) is 3.48. The smallest absolute Gasteiger partial charge is 0.0306 e. The monoisotopic (exact) mass is 210 g/mol. The van der Waals surface area contributed by atoms with Gasteiger partial charge >= 0.3 is 0 Å². The first-order valence-electron chi connectivity index (χ1n) is 6.23. The summed E-state index contributed by atoms with van der Waals surface area (Å²) in [7, 11) is 0. The predicted molar refractivity (Wildman–Crippen MR) is 67.2 cm³/mol. The Labute approximate surface area is 94.7 Å². The second-order valence-electron chi connectivity index (χ2n) is 4.92. The molecule has 0 aromatic rings. The van der Waals surface area contributed by atoms with Crippen LogP contribution in [0.5, 0.6) is 0 Å². The van der Waals surface area contributed by atoms with Crippen LogP contribution < -0.4 is 5.32 Å². The Hall–Kier alpha value is -0.340. The fraction of sp³-hybridized carbons (Fsp3) is 0.846. The van der Waals surface area contributed by atoms with E-state index in [0.29, 0.717) is 5.54 Å². The number of rotatable bonds is 6. The van der Waals surface area contributed by atoms with Crippen LogP contribution in [0.2, 0.25) is 0 Å². The molecule has 1 saturated heterocycles. The Morgan fingerprint density at radius 2 is 2.20 bits per heavy atom. The van der Waals surface area contributed by atoms with Gasteiger partial charge in [0.1, 0.15) is 0 Å². The van der Waals surface area contributed by atoms with Crippen molar-refractivity contribution in [2.24, 2.45) is 0 Å². The van der Waals surface area contributed by atoms with Crippen molar-refractivity contribution in [2.75, 3.05) is 26.2 Å². The van der Waals surface area contributed by atoms with Crippen LogP contribution in [0.15, 0.2) is 12.2 Å². The number of hydrogen-bond acceptors (Lipinski definition) is 2. The Morgan fingerprint density at radius 1 is 1.47 bits per heavy atom. The average molecular weight is 210 g/mol. The van der Waals surface area contributed by atoms with Crippen molar-refractivity contribution in [3.8, 4) is 0 Å². The maximum absolute atomic E-state index is 4.00. The minimum Gasteiger partial charge on any atom is -0.310 e. The lowest BCUT2D eigenvalue weighted by molar-refractivity contribution is 0.207. The van der Waals surface area contributed by atoms with Crippen molar-refractivity contribution >= 4 is 0 Å². The molecular weight excluding hydrogens is 184 g/mol. The molecule has 0 aliphatic carbocycles. The van der Waals surface area contributed by atoms with E-state index in [1.165, 1.54) is 37.9 Å². The first kappa shape index (κ1) is 12.7. The minimum absolute atomic E-state index is 0.380. The van der Waals surface area contributed by atoms with E-state index in [0.717, 1.165) is 13.1 Å². The van der Waals surface area contributed by atoms with E-state index in [1.807, 2.05) is 0 Å². The van der Waals surface area contributed by atoms with Crippen molar-refractivity contribution in [2.45, 2.75) is 45.6 Å². The normalized spacial score (nSPS) is 26.1. The first-order chi connectivity index (χ1) is 7.12. The Balaban J connectivity index is 2.51. The lowest BCUT2D eigenvalue weighted by atomic mass is 9.93. The van der Waals surface area contributed by atoms with Gasteiger partial charge in [0.25, 0.3) is 0 Å². The van der Waals surface area contributed by atoms with Crippen LogP contribution in [0.25, 0.3) is 0 Å². The van der Waals surface area contributed by atoms with Crippen LogP contribution in [-0.2, 0) is 0 Å². The van der Waals surface area contributed by atoms with Crippen molar-refractivity contribution < 1.29 is 0 Å². The molecule has 2 heteroatoms. The highest BCUT2D eigenvalue weighted by molar-refractivity contribution is 4.98. The molecule has 1 aliphatic rings. The molecule has 0 saturated carbocycles. The standard InChI is InChI=1S/C13H26N2/c1-5-13(8-7-9-14-13)11-15(6-2)10-12(3)4/h14H,3,5-11H2,1-2,4H3. The van der Waals surface area contributed by atoms with Gasteiger partial charge in [-0.2, -0.15) is 0 Å². The van der Waals surface area contributed by atoms with Crippen LogP contribution >= 0.6 is 0 Å². The van der Waals surface area contributed by atoms with Gasteiger partial charge in [-0.25, -0.2) is 0 Å². The summed E-state index contributed by atoms with van der Waals surface area (Å²) >= 11 is 0. The molecule has 1 atom stereocenters. The molecule has 15 heavy (non-hydrogen) atoms. The fourth-order valence-electron chi connectivity index (χ4n) is 2.51. The second kappa shape index (κ2) is 5.66. The van der Waals surface area contributed by atoms with E-state index in [9.17, 15) is 0 Å². The second-order valence-corrected chi connectivity index (χ2v) is 4.92. The zero-order valence-electron chi connectivity index (χ0n) is 10.6. The SMILES string of the molecule is C=C(C)CN(CC)CC1(CC)CCCN1. The summed E-state index contributed by atoms with van der Waals surface area (Å²) in [5, 5.41) is 3.69. The van der Waals surface area contributed by atoms with Crippen LogP contribution in [0, 0.1) is 0 Å². The van der Waals surface area contributed by atoms with E-state index >= 15 is 0 Å². The molecule has 1 heterocycles. The molecule has 0 spiro atoms. The van der Waals surface area contributed by atoms with Crippen LogP contribution in [0.4, 0.5) is 0 Å². The van der Waals surface area contributed by atoms with Crippen LogP contribution in [0.3, 0.4) is 0 Å². The van der Waals surface area contributed by atoms with Gasteiger partial charge in [0.05, 0.1) is 0 Å². The quantitative estimate of drug-likeness (QED) is 0.677. The van der Waals surface area contributed by atoms with Gasteiger partial charge in [0, 0.05) is 18.6 Å². The summed E-state index contributed by atoms with van der Waals surface area (Å²) in [4.78, 5) is 2.50. The zero-order valence-corrected chi connectivity index (χ0v) is 10.6. The third kappa shape index (κ3) is 3.62. The van der Waals surface area contributed by atoms with Crippen molar-refractivity contribution in [3.63, 3.8) is 0 Å². The molecule has 1 aliphatic heterocycles. The number of nitrogens with zero attached hydrogens (tertiary/aromatic N) is 1. The van der Waals surface area contributed by atoms with E-state index in [2.05, 4.69) is 37.6 Å². The van der Waals surface area contributed by atoms with Crippen molar-refractivity contribution in [1.82, 2.24) is 10.2 Å². The molecule has 1 N–H and O–H groups in total. The predicted octanol–water partition coefficient (Wildman–Crippen LogP) is 2.42. The Morgan fingerprint density at radius 3 is 2.60 bits per heavy atom. The van der Waals surface area contributed by atoms with E-state index in [4.69, 9.17) is 0 Å². The van der Waals surface area contributed by atoms with Gasteiger partial charge in [-0.15, -0.1) is 0 Å². The lowest BCUT2D eigenvalue weighted by Crippen LogP contribution is -2.49. The van der Waals surface area contributed by atoms with Crippen molar-refractivity contribution in [3.05, 3.63) is 12.2 Å². The Kier molecular flexibility index (Phi) is 4.81. The van der Waals surface area contributed by atoms with Gasteiger partial charge in [0.2, 0.25) is 0 Å². The molecule has 0 bridgehead atoms. The van der Waals surface area contributed by atoms with Crippen LogP contribution in [-0.4, -0.2) is 36.6 Å². The molecule has 1 fully saturated rings. The number of nitrogens with one attached hydrogen (secondary N) is 1. The van der Waals surface area contributed by atoms with E-state index in [-0.39, 0.29) is 0 Å². The maximum Gasteiger partial charge on any atom is 0.0306 e. The van der Waals surface area contributed by atoms with E-state index in [1.54, 1.807) is 0 Å². The minimum atomic E-state index is 0.380. The van der Waals surface area contributed by atoms with E-state index < -0.39 is 0 Å². The largest absolute Gasteiger partial charge is 0.310 e. The van der Waals surface area contributed by atoms with Gasteiger partial charge in [-0.1, -0.05) is 26.0 Å². The molecule has 2 nitrogen and oxygen atoms in total. The molecular formula is C13H26N2. The van der Waals surface area contributed by atoms with Gasteiger partial charge in [0.15, 0.2) is 0 Å². The van der Waals surface area contributed by atoms with Crippen LogP contribution in [0.1, 0.15) is 40.0 Å². The highest BCUT2D eigenvalue weighted by Crippen LogP contribution is 2.24. The summed E-state index contributed by atoms with van der Waals surface area (Å²) in [5.41, 5.74) is 1.65. The van der Waals surface area contributed by atoms with Gasteiger partial charge in [-0.3, -0.25) is 4.90 Å². The highest BCUT2D eigenvalue weighted by atomic mass is 15.2. The van der Waals surface area contributed by atoms with Gasteiger partial charge in [-0.05, 0) is 39.3 Å². The molecule has 1 rings (SSSR count). The number of likely N-dealkylation sites (N-methyl/N-ethyl adjacent to an activating group) is 1. The maximum atomic E-state index is 4.00. The Bertz CT molecular complexity index is 205. The topological polar surface area (TPSA) is 15.3 Å². The molecule has 0 radical (unpaired) electrons. The van der Waals surface area contributed by atoms with Gasteiger partial charge < -0.3 is 5.32 Å². The summed E-state index contributed by atoms with van der Waals surface area (Å²) in [6.07, 6.45) is 3.90. The highest BCUT2D eigenvalue weighted by Gasteiger charge is 2.32. The average Bonchev–Trinajstić information content (AvgIpc) is 2.65. The molecule has 0 aromatic carbocycles. The lowest BCUT2D eigenvalue weighted by Gasteiger charge is -2.34. The number of hydrogen-bond donors (Lipinski definition) is 1. The molecule has 0 amide bonds. The third-order valence-corrected chi connectivity index (χ3v) is 3.48. The van der Waals surface area contributed by atoms with Crippen molar-refractivity contribution in [1.29, 1.82) is 0 Å². The molecule has 88 valence electrons. The zero-order chi connectivity index (χ0) is 11.3. The molecule has 0 aromatic heterocycles. The molecule has 1 unspecified atom stereocenters. The summed E-state index contributed by atoms with van der Waals surface area (Å²) in [6, 6.07) is 0. The summed E-state index contributed by atoms with van der Waals surface area (Å²) in [6.45, 7) is 15.2. The first-order valence-corrected chi connectivity index (χ1v) is 6.23.